The lowest BCUT2D eigenvalue weighted by Gasteiger charge is -2.13. The summed E-state index contributed by atoms with van der Waals surface area (Å²) in [4.78, 5) is 23.7. The molecular formula is C19H26O2. The number of hydrogen-bond donors (Lipinski definition) is 0. The minimum atomic E-state index is -0.103. The number of hydrogen-bond acceptors (Lipinski definition) is 2. The van der Waals surface area contributed by atoms with Crippen LogP contribution in [0.4, 0.5) is 0 Å². The third-order valence-electron chi connectivity index (χ3n) is 4.48. The number of benzene rings is 1. The van der Waals surface area contributed by atoms with E-state index in [1.807, 2.05) is 18.2 Å². The topological polar surface area (TPSA) is 34.1 Å². The van der Waals surface area contributed by atoms with Crippen LogP contribution in [0, 0.1) is 5.92 Å². The fraction of sp³-hybridized carbons (Fsp3) is 0.579. The molecule has 0 amide bonds. The third-order valence-corrected chi connectivity index (χ3v) is 4.48. The molecule has 1 aliphatic carbocycles. The zero-order valence-corrected chi connectivity index (χ0v) is 12.9. The lowest BCUT2D eigenvalue weighted by atomic mass is 9.90. The maximum atomic E-state index is 12.5. The van der Waals surface area contributed by atoms with Gasteiger partial charge in [-0.1, -0.05) is 62.8 Å². The smallest absolute Gasteiger partial charge is 0.163 e. The quantitative estimate of drug-likeness (QED) is 0.698. The number of aldehydes is 1. The van der Waals surface area contributed by atoms with E-state index in [4.69, 9.17) is 0 Å². The third kappa shape index (κ3) is 5.11. The van der Waals surface area contributed by atoms with E-state index in [1.165, 1.54) is 32.1 Å². The summed E-state index contributed by atoms with van der Waals surface area (Å²) in [6.45, 7) is 0. The van der Waals surface area contributed by atoms with Crippen molar-refractivity contribution in [2.45, 2.75) is 64.2 Å². The van der Waals surface area contributed by atoms with Gasteiger partial charge >= 0.3 is 0 Å². The van der Waals surface area contributed by atoms with Gasteiger partial charge in [0.25, 0.3) is 0 Å². The minimum Gasteiger partial charge on any atom is -0.303 e. The van der Waals surface area contributed by atoms with Crippen molar-refractivity contribution >= 4 is 12.1 Å². The number of rotatable bonds is 1. The summed E-state index contributed by atoms with van der Waals surface area (Å²) in [6.07, 6.45) is 11.7. The van der Waals surface area contributed by atoms with Crippen LogP contribution >= 0.6 is 0 Å². The molecule has 0 heterocycles. The van der Waals surface area contributed by atoms with Crippen molar-refractivity contribution in [3.8, 4) is 0 Å². The molecule has 114 valence electrons. The Balaban J connectivity index is 2.12. The Bertz CT molecular complexity index is 464. The van der Waals surface area contributed by atoms with Crippen LogP contribution in [0.15, 0.2) is 24.3 Å². The van der Waals surface area contributed by atoms with Gasteiger partial charge in [0.05, 0.1) is 0 Å². The van der Waals surface area contributed by atoms with E-state index in [0.29, 0.717) is 6.42 Å². The molecule has 2 nitrogen and oxygen atoms in total. The Morgan fingerprint density at radius 1 is 0.905 bits per heavy atom. The van der Waals surface area contributed by atoms with Crippen molar-refractivity contribution in [1.29, 1.82) is 0 Å². The minimum absolute atomic E-state index is 0.103. The Morgan fingerprint density at radius 2 is 1.57 bits per heavy atom. The SMILES string of the molecule is O=C[C@@H]1CCCCCCCCCc2ccccc2C(=O)C1. The average Bonchev–Trinajstić information content (AvgIpc) is 2.51. The molecule has 0 saturated carbocycles. The molecule has 0 bridgehead atoms. The van der Waals surface area contributed by atoms with Gasteiger partial charge in [0.15, 0.2) is 5.78 Å². The highest BCUT2D eigenvalue weighted by Crippen LogP contribution is 2.21. The summed E-state index contributed by atoms with van der Waals surface area (Å²) in [5, 5.41) is 0. The summed E-state index contributed by atoms with van der Waals surface area (Å²) in [6, 6.07) is 7.92. The maximum Gasteiger partial charge on any atom is 0.163 e. The van der Waals surface area contributed by atoms with Gasteiger partial charge in [0.2, 0.25) is 0 Å². The van der Waals surface area contributed by atoms with Crippen LogP contribution in [0.25, 0.3) is 0 Å². The molecule has 1 aromatic carbocycles. The maximum absolute atomic E-state index is 12.5. The molecule has 0 saturated heterocycles. The summed E-state index contributed by atoms with van der Waals surface area (Å²) in [5.41, 5.74) is 1.99. The fourth-order valence-corrected chi connectivity index (χ4v) is 3.18. The number of fused-ring (bicyclic) bond motifs is 1. The van der Waals surface area contributed by atoms with Gasteiger partial charge in [-0.3, -0.25) is 4.79 Å². The highest BCUT2D eigenvalue weighted by atomic mass is 16.1. The number of ketones is 1. The van der Waals surface area contributed by atoms with Gasteiger partial charge < -0.3 is 4.79 Å². The van der Waals surface area contributed by atoms with E-state index in [0.717, 1.165) is 43.1 Å². The zero-order valence-electron chi connectivity index (χ0n) is 12.9. The molecule has 0 spiro atoms. The lowest BCUT2D eigenvalue weighted by Crippen LogP contribution is -2.12. The second-order valence-corrected chi connectivity index (χ2v) is 6.19. The molecule has 0 unspecified atom stereocenters. The van der Waals surface area contributed by atoms with E-state index >= 15 is 0 Å². The monoisotopic (exact) mass is 286 g/mol. The van der Waals surface area contributed by atoms with Crippen LogP contribution in [0.3, 0.4) is 0 Å². The van der Waals surface area contributed by atoms with Crippen LogP contribution in [0.1, 0.15) is 73.7 Å². The van der Waals surface area contributed by atoms with Gasteiger partial charge in [-0.15, -0.1) is 0 Å². The first kappa shape index (κ1) is 15.9. The van der Waals surface area contributed by atoms with E-state index in [1.54, 1.807) is 0 Å². The van der Waals surface area contributed by atoms with Crippen LogP contribution in [-0.4, -0.2) is 12.1 Å². The van der Waals surface area contributed by atoms with Crippen molar-refractivity contribution in [2.75, 3.05) is 0 Å². The van der Waals surface area contributed by atoms with Crippen LogP contribution < -0.4 is 0 Å². The molecule has 1 aliphatic rings. The summed E-state index contributed by atoms with van der Waals surface area (Å²) in [5.74, 6) is 0.0354. The van der Waals surface area contributed by atoms with Gasteiger partial charge in [-0.25, -0.2) is 0 Å². The largest absolute Gasteiger partial charge is 0.303 e. The zero-order chi connectivity index (χ0) is 14.9. The number of Topliss-reactive ketones (excluding diaryl/α,β-unsaturated/α-hetero) is 1. The molecule has 0 N–H and O–H groups in total. The fourth-order valence-electron chi connectivity index (χ4n) is 3.18. The second-order valence-electron chi connectivity index (χ2n) is 6.19. The Hall–Kier alpha value is -1.44. The van der Waals surface area contributed by atoms with Crippen molar-refractivity contribution in [3.05, 3.63) is 35.4 Å². The van der Waals surface area contributed by atoms with Crippen LogP contribution in [-0.2, 0) is 11.2 Å². The van der Waals surface area contributed by atoms with E-state index in [-0.39, 0.29) is 11.7 Å². The van der Waals surface area contributed by atoms with E-state index in [2.05, 4.69) is 6.07 Å². The molecule has 1 atom stereocenters. The Morgan fingerprint density at radius 3 is 2.33 bits per heavy atom. The standard InChI is InChI=1S/C19H26O2/c20-15-16-10-6-4-2-1-3-5-7-11-17-12-8-9-13-18(17)19(21)14-16/h8-9,12-13,15-16H,1-7,10-11,14H2/t16-/m1/s1. The number of carbonyl (C=O) groups excluding carboxylic acids is 2. The number of carbonyl (C=O) groups is 2. The molecule has 2 heteroatoms. The van der Waals surface area contributed by atoms with Crippen molar-refractivity contribution < 1.29 is 9.59 Å². The highest BCUT2D eigenvalue weighted by Gasteiger charge is 2.17. The predicted molar refractivity (Wildman–Crippen MR) is 85.6 cm³/mol. The van der Waals surface area contributed by atoms with Crippen LogP contribution in [0.2, 0.25) is 0 Å². The average molecular weight is 286 g/mol. The first-order chi connectivity index (χ1) is 10.3. The van der Waals surface area contributed by atoms with Gasteiger partial charge in [-0.2, -0.15) is 0 Å². The first-order valence-electron chi connectivity index (χ1n) is 8.37. The molecule has 21 heavy (non-hydrogen) atoms. The molecular weight excluding hydrogens is 260 g/mol. The highest BCUT2D eigenvalue weighted by molar-refractivity contribution is 5.98. The molecule has 0 radical (unpaired) electrons. The molecule has 2 rings (SSSR count). The summed E-state index contributed by atoms with van der Waals surface area (Å²) in [7, 11) is 0. The second kappa shape index (κ2) is 8.76. The van der Waals surface area contributed by atoms with Crippen molar-refractivity contribution in [2.24, 2.45) is 5.92 Å². The Kier molecular flexibility index (Phi) is 6.65. The summed E-state index contributed by atoms with van der Waals surface area (Å²) >= 11 is 0. The van der Waals surface area contributed by atoms with Gasteiger partial charge in [0, 0.05) is 17.9 Å². The summed E-state index contributed by atoms with van der Waals surface area (Å²) < 4.78 is 0. The van der Waals surface area contributed by atoms with Gasteiger partial charge in [0.1, 0.15) is 6.29 Å². The van der Waals surface area contributed by atoms with E-state index in [9.17, 15) is 9.59 Å². The normalized spacial score (nSPS) is 22.1. The Labute approximate surface area is 127 Å². The molecule has 0 fully saturated rings. The predicted octanol–water partition coefficient (Wildman–Crippen LogP) is 4.75. The van der Waals surface area contributed by atoms with Gasteiger partial charge in [-0.05, 0) is 24.8 Å². The van der Waals surface area contributed by atoms with E-state index < -0.39 is 0 Å². The van der Waals surface area contributed by atoms with Crippen molar-refractivity contribution in [1.82, 2.24) is 0 Å². The molecule has 0 aromatic heterocycles. The number of aryl methyl sites for hydroxylation is 1. The molecule has 1 aromatic rings. The molecule has 0 aliphatic heterocycles. The first-order valence-corrected chi connectivity index (χ1v) is 8.37. The van der Waals surface area contributed by atoms with Crippen LogP contribution in [0.5, 0.6) is 0 Å². The van der Waals surface area contributed by atoms with Crippen molar-refractivity contribution in [3.63, 3.8) is 0 Å². The lowest BCUT2D eigenvalue weighted by molar-refractivity contribution is -0.111.